The largest absolute Gasteiger partial charge is 0.309 e. The molecule has 128 valence electrons. The molecule has 1 aliphatic carbocycles. The van der Waals surface area contributed by atoms with Gasteiger partial charge in [0.25, 0.3) is 0 Å². The minimum absolute atomic E-state index is 0.273. The van der Waals surface area contributed by atoms with Gasteiger partial charge in [0.15, 0.2) is 5.82 Å². The first-order chi connectivity index (χ1) is 12.0. The van der Waals surface area contributed by atoms with Crippen LogP contribution in [0.1, 0.15) is 17.7 Å². The van der Waals surface area contributed by atoms with Gasteiger partial charge in [0.1, 0.15) is 17.6 Å². The zero-order valence-electron chi connectivity index (χ0n) is 13.9. The van der Waals surface area contributed by atoms with Gasteiger partial charge in [-0.25, -0.2) is 13.8 Å². The number of fused-ring (bicyclic) bond motifs is 1. The number of carbonyl (C=O) groups excluding carboxylic acids is 1. The smallest absolute Gasteiger partial charge is 0.231 e. The fourth-order valence-corrected chi connectivity index (χ4v) is 3.07. The molecule has 1 fully saturated rings. The third-order valence-corrected chi connectivity index (χ3v) is 4.66. The van der Waals surface area contributed by atoms with E-state index < -0.39 is 12.1 Å². The first-order valence-corrected chi connectivity index (χ1v) is 8.15. The summed E-state index contributed by atoms with van der Waals surface area (Å²) in [7, 11) is 0. The van der Waals surface area contributed by atoms with Crippen molar-refractivity contribution in [1.82, 2.24) is 9.38 Å². The van der Waals surface area contributed by atoms with Gasteiger partial charge in [-0.15, -0.1) is 0 Å². The van der Waals surface area contributed by atoms with Crippen LogP contribution in [-0.4, -0.2) is 21.5 Å². The molecule has 0 aliphatic heterocycles. The number of hydrogen-bond acceptors (Lipinski definition) is 2. The number of pyridine rings is 1. The van der Waals surface area contributed by atoms with E-state index in [0.29, 0.717) is 17.0 Å². The summed E-state index contributed by atoms with van der Waals surface area (Å²) in [6.45, 7) is 3.67. The van der Waals surface area contributed by atoms with E-state index in [4.69, 9.17) is 0 Å². The number of amides is 1. The molecule has 0 spiro atoms. The van der Waals surface area contributed by atoms with Crippen molar-refractivity contribution in [2.75, 3.05) is 5.32 Å². The molecular weight excluding hydrogens is 324 g/mol. The second-order valence-corrected chi connectivity index (χ2v) is 6.47. The molecule has 2 atom stereocenters. The Hall–Kier alpha value is -2.76. The monoisotopic (exact) mass is 341 g/mol. The number of imidazole rings is 1. The van der Waals surface area contributed by atoms with Gasteiger partial charge in [-0.2, -0.15) is 0 Å². The van der Waals surface area contributed by atoms with Crippen molar-refractivity contribution >= 4 is 17.4 Å². The number of alkyl halides is 1. The van der Waals surface area contributed by atoms with Crippen LogP contribution in [0.2, 0.25) is 0 Å². The zero-order chi connectivity index (χ0) is 17.7. The lowest BCUT2D eigenvalue weighted by Gasteiger charge is -2.08. The maximum atomic E-state index is 14.2. The minimum atomic E-state index is -1.05. The van der Waals surface area contributed by atoms with Crippen molar-refractivity contribution in [2.24, 2.45) is 5.92 Å². The average molecular weight is 341 g/mol. The number of halogens is 2. The molecule has 4 rings (SSSR count). The van der Waals surface area contributed by atoms with Crippen molar-refractivity contribution in [3.8, 4) is 11.1 Å². The summed E-state index contributed by atoms with van der Waals surface area (Å²) in [5.74, 6) is -0.787. The Kier molecular flexibility index (Phi) is 3.56. The van der Waals surface area contributed by atoms with E-state index in [1.165, 1.54) is 6.07 Å². The quantitative estimate of drug-likeness (QED) is 0.781. The highest BCUT2D eigenvalue weighted by atomic mass is 19.1. The van der Waals surface area contributed by atoms with Gasteiger partial charge in [-0.1, -0.05) is 12.1 Å². The van der Waals surface area contributed by atoms with Crippen molar-refractivity contribution < 1.29 is 13.6 Å². The van der Waals surface area contributed by atoms with Crippen LogP contribution in [-0.2, 0) is 4.79 Å². The molecular formula is C19H17F2N3O. The predicted molar refractivity (Wildman–Crippen MR) is 91.7 cm³/mol. The summed E-state index contributed by atoms with van der Waals surface area (Å²) in [4.78, 5) is 16.3. The molecule has 6 heteroatoms. The molecule has 0 unspecified atom stereocenters. The lowest BCUT2D eigenvalue weighted by molar-refractivity contribution is -0.117. The summed E-state index contributed by atoms with van der Waals surface area (Å²) in [6.07, 6.45) is 1.02. The van der Waals surface area contributed by atoms with E-state index in [1.54, 1.807) is 28.8 Å². The van der Waals surface area contributed by atoms with E-state index in [2.05, 4.69) is 10.3 Å². The Balaban J connectivity index is 1.74. The van der Waals surface area contributed by atoms with Crippen LogP contribution < -0.4 is 5.32 Å². The summed E-state index contributed by atoms with van der Waals surface area (Å²) < 4.78 is 29.1. The number of aryl methyl sites for hydroxylation is 2. The van der Waals surface area contributed by atoms with Crippen molar-refractivity contribution in [1.29, 1.82) is 0 Å². The lowest BCUT2D eigenvalue weighted by Crippen LogP contribution is -2.16. The van der Waals surface area contributed by atoms with Gasteiger partial charge in [0, 0.05) is 17.3 Å². The molecule has 4 nitrogen and oxygen atoms in total. The molecule has 1 N–H and O–H groups in total. The number of anilines is 1. The van der Waals surface area contributed by atoms with Gasteiger partial charge in [-0.05, 0) is 44.0 Å². The van der Waals surface area contributed by atoms with Crippen LogP contribution in [0.25, 0.3) is 16.8 Å². The van der Waals surface area contributed by atoms with Gasteiger partial charge in [-0.3, -0.25) is 4.79 Å². The van der Waals surface area contributed by atoms with Gasteiger partial charge < -0.3 is 9.72 Å². The molecule has 25 heavy (non-hydrogen) atoms. The first kappa shape index (κ1) is 15.7. The topological polar surface area (TPSA) is 46.4 Å². The van der Waals surface area contributed by atoms with E-state index in [1.807, 2.05) is 19.9 Å². The third kappa shape index (κ3) is 2.67. The van der Waals surface area contributed by atoms with Crippen molar-refractivity contribution in [3.05, 3.63) is 53.6 Å². The van der Waals surface area contributed by atoms with Crippen molar-refractivity contribution in [2.45, 2.75) is 26.4 Å². The first-order valence-electron chi connectivity index (χ1n) is 8.15. The number of benzene rings is 1. The zero-order valence-corrected chi connectivity index (χ0v) is 13.9. The molecule has 1 saturated carbocycles. The van der Waals surface area contributed by atoms with Crippen LogP contribution in [0.3, 0.4) is 0 Å². The Morgan fingerprint density at radius 1 is 1.28 bits per heavy atom. The second kappa shape index (κ2) is 5.65. The summed E-state index contributed by atoms with van der Waals surface area (Å²) in [5.41, 5.74) is 3.47. The predicted octanol–water partition coefficient (Wildman–Crippen LogP) is 4.05. The van der Waals surface area contributed by atoms with Crippen LogP contribution in [0, 0.1) is 25.6 Å². The lowest BCUT2D eigenvalue weighted by atomic mass is 10.0. The molecule has 1 aromatic carbocycles. The summed E-state index contributed by atoms with van der Waals surface area (Å²) in [6, 6.07) is 8.55. The fourth-order valence-electron chi connectivity index (χ4n) is 3.07. The molecule has 0 radical (unpaired) electrons. The van der Waals surface area contributed by atoms with E-state index >= 15 is 0 Å². The molecule has 3 aromatic rings. The fraction of sp³-hybridized carbons (Fsp3) is 0.263. The SMILES string of the molecule is Cc1cccc(F)c1-c1ccc2nc(NC(=O)[C@@H]3C[C@@H]3F)c(C)n2c1. The second-order valence-electron chi connectivity index (χ2n) is 6.47. The molecule has 2 aromatic heterocycles. The Morgan fingerprint density at radius 3 is 2.72 bits per heavy atom. The molecule has 0 saturated heterocycles. The van der Waals surface area contributed by atoms with Crippen LogP contribution in [0.5, 0.6) is 0 Å². The van der Waals surface area contributed by atoms with E-state index in [-0.39, 0.29) is 18.1 Å². The average Bonchev–Trinajstić information content (AvgIpc) is 3.23. The highest BCUT2D eigenvalue weighted by molar-refractivity contribution is 5.94. The number of rotatable bonds is 3. The highest BCUT2D eigenvalue weighted by Gasteiger charge is 2.44. The molecule has 2 heterocycles. The number of nitrogens with zero attached hydrogens (tertiary/aromatic N) is 2. The number of aromatic nitrogens is 2. The summed E-state index contributed by atoms with van der Waals surface area (Å²) in [5, 5.41) is 2.69. The molecule has 1 aliphatic rings. The minimum Gasteiger partial charge on any atom is -0.309 e. The van der Waals surface area contributed by atoms with Crippen LogP contribution >= 0.6 is 0 Å². The third-order valence-electron chi connectivity index (χ3n) is 4.66. The number of nitrogens with one attached hydrogen (secondary N) is 1. The van der Waals surface area contributed by atoms with Crippen molar-refractivity contribution in [3.63, 3.8) is 0 Å². The van der Waals surface area contributed by atoms with Crippen LogP contribution in [0.15, 0.2) is 36.5 Å². The van der Waals surface area contributed by atoms with E-state index in [0.717, 1.165) is 16.8 Å². The maximum absolute atomic E-state index is 14.2. The van der Waals surface area contributed by atoms with Gasteiger partial charge in [0.05, 0.1) is 11.6 Å². The van der Waals surface area contributed by atoms with Gasteiger partial charge in [0.2, 0.25) is 5.91 Å². The highest BCUT2D eigenvalue weighted by Crippen LogP contribution is 2.35. The van der Waals surface area contributed by atoms with Crippen LogP contribution in [0.4, 0.5) is 14.6 Å². The molecule has 0 bridgehead atoms. The number of carbonyl (C=O) groups is 1. The Labute approximate surface area is 143 Å². The van der Waals surface area contributed by atoms with E-state index in [9.17, 15) is 13.6 Å². The summed E-state index contributed by atoms with van der Waals surface area (Å²) >= 11 is 0. The van der Waals surface area contributed by atoms with Gasteiger partial charge >= 0.3 is 0 Å². The normalized spacial score (nSPS) is 19.2. The Bertz CT molecular complexity index is 975. The molecule has 1 amide bonds. The maximum Gasteiger partial charge on any atom is 0.231 e. The standard InChI is InChI=1S/C19H17F2N3O/c1-10-4-3-5-14(20)17(10)12-6-7-16-22-18(11(2)24(16)9-12)23-19(25)13-8-15(13)21/h3-7,9,13,15H,8H2,1-2H3,(H,23,25)/t13-,15+/m1/s1. The Morgan fingerprint density at radius 2 is 2.04 bits per heavy atom. The number of hydrogen-bond donors (Lipinski definition) is 1.